The largest absolute Gasteiger partial charge is 0.490 e. The van der Waals surface area contributed by atoms with Crippen molar-refractivity contribution in [2.24, 2.45) is 4.99 Å². The number of amides is 1. The quantitative estimate of drug-likeness (QED) is 0.232. The summed E-state index contributed by atoms with van der Waals surface area (Å²) < 4.78 is 12.8. The van der Waals surface area contributed by atoms with Crippen molar-refractivity contribution in [3.8, 4) is 11.5 Å². The average Bonchev–Trinajstić information content (AvgIpc) is 3.32. The maximum absolute atomic E-state index is 13.5. The van der Waals surface area contributed by atoms with E-state index in [1.165, 1.54) is 29.7 Å². The molecule has 0 aliphatic heterocycles. The van der Waals surface area contributed by atoms with Crippen LogP contribution in [-0.4, -0.2) is 24.8 Å². The van der Waals surface area contributed by atoms with Crippen molar-refractivity contribution in [1.29, 1.82) is 0 Å². The Morgan fingerprint density at radius 2 is 1.90 bits per heavy atom. The summed E-state index contributed by atoms with van der Waals surface area (Å²) in [5, 5.41) is 5.23. The number of benzene rings is 2. The molecule has 3 aromatic rings. The molecule has 1 heterocycles. The average molecular weight is 664 g/mol. The molecule has 1 N–H and O–H groups in total. The number of halogens is 3. The van der Waals surface area contributed by atoms with E-state index in [0.29, 0.717) is 28.2 Å². The summed E-state index contributed by atoms with van der Waals surface area (Å²) in [6, 6.07) is 9.45. The molecule has 1 amide bonds. The number of aliphatic imine (C=N–C) groups is 1. The fraction of sp³-hybridized carbons (Fsp3) is 0.419. The van der Waals surface area contributed by atoms with Gasteiger partial charge >= 0.3 is 0 Å². The van der Waals surface area contributed by atoms with Crippen molar-refractivity contribution >= 4 is 67.6 Å². The van der Waals surface area contributed by atoms with Gasteiger partial charge in [-0.3, -0.25) is 4.79 Å². The molecule has 2 aromatic carbocycles. The monoisotopic (exact) mass is 662 g/mol. The molecule has 5 rings (SSSR count). The highest BCUT2D eigenvalue weighted by molar-refractivity contribution is 9.10. The van der Waals surface area contributed by atoms with E-state index in [1.807, 2.05) is 31.3 Å². The third-order valence-electron chi connectivity index (χ3n) is 7.37. The summed E-state index contributed by atoms with van der Waals surface area (Å²) in [6.45, 7) is 2.68. The lowest BCUT2D eigenvalue weighted by Crippen LogP contribution is -2.36. The second kappa shape index (κ2) is 13.7. The highest BCUT2D eigenvalue weighted by Gasteiger charge is 2.27. The summed E-state index contributed by atoms with van der Waals surface area (Å²) in [5.41, 5.74) is 3.63. The number of nitrogens with zero attached hydrogens (tertiary/aromatic N) is 1. The topological polar surface area (TPSA) is 59.9 Å². The minimum atomic E-state index is 0.0271. The number of nitrogens with one attached hydrogen (secondary N) is 1. The zero-order chi connectivity index (χ0) is 28.1. The second-order valence-electron chi connectivity index (χ2n) is 10.2. The Balaban J connectivity index is 1.39. The molecule has 9 heteroatoms. The molecule has 2 aliphatic rings. The zero-order valence-electron chi connectivity index (χ0n) is 22.5. The first-order valence-corrected chi connectivity index (χ1v) is 16.3. The summed E-state index contributed by atoms with van der Waals surface area (Å²) in [7, 11) is 0. The molecule has 0 unspecified atom stereocenters. The molecular weight excluding hydrogens is 631 g/mol. The van der Waals surface area contributed by atoms with E-state index in [2.05, 4.69) is 21.2 Å². The van der Waals surface area contributed by atoms with Gasteiger partial charge < -0.3 is 14.8 Å². The van der Waals surface area contributed by atoms with Gasteiger partial charge in [0.2, 0.25) is 0 Å². The summed E-state index contributed by atoms with van der Waals surface area (Å²) in [4.78, 5) is 19.7. The van der Waals surface area contributed by atoms with Crippen LogP contribution >= 0.6 is 50.5 Å². The Morgan fingerprint density at radius 1 is 1.10 bits per heavy atom. The van der Waals surface area contributed by atoms with Gasteiger partial charge in [0.25, 0.3) is 5.91 Å². The van der Waals surface area contributed by atoms with Crippen LogP contribution < -0.4 is 14.8 Å². The third kappa shape index (κ3) is 7.04. The predicted octanol–water partition coefficient (Wildman–Crippen LogP) is 9.49. The highest BCUT2D eigenvalue weighted by Crippen LogP contribution is 2.41. The van der Waals surface area contributed by atoms with Gasteiger partial charge in [-0.05, 0) is 96.8 Å². The minimum absolute atomic E-state index is 0.0271. The summed E-state index contributed by atoms with van der Waals surface area (Å²) in [6.07, 6.45) is 11.8. The van der Waals surface area contributed by atoms with Gasteiger partial charge in [0, 0.05) is 32.7 Å². The van der Waals surface area contributed by atoms with Gasteiger partial charge in [-0.15, -0.1) is 11.3 Å². The van der Waals surface area contributed by atoms with Crippen LogP contribution in [0.1, 0.15) is 83.8 Å². The number of carbonyl (C=O) groups is 1. The van der Waals surface area contributed by atoms with Crippen molar-refractivity contribution in [3.05, 3.63) is 72.0 Å². The Bertz CT molecular complexity index is 1400. The normalized spacial score (nSPS) is 15.7. The van der Waals surface area contributed by atoms with Gasteiger partial charge in [0.05, 0.1) is 16.6 Å². The Hall–Kier alpha value is -2.06. The fourth-order valence-electron chi connectivity index (χ4n) is 5.37. The minimum Gasteiger partial charge on any atom is -0.490 e. The van der Waals surface area contributed by atoms with Gasteiger partial charge in [0.15, 0.2) is 11.5 Å². The zero-order valence-corrected chi connectivity index (χ0v) is 26.4. The third-order valence-corrected chi connectivity index (χ3v) is 9.75. The molecule has 0 spiro atoms. The van der Waals surface area contributed by atoms with Crippen LogP contribution in [0.3, 0.4) is 0 Å². The van der Waals surface area contributed by atoms with Crippen molar-refractivity contribution in [2.45, 2.75) is 77.4 Å². The lowest BCUT2D eigenvalue weighted by atomic mass is 9.93. The molecule has 1 saturated carbocycles. The molecule has 0 saturated heterocycles. The SMILES string of the molecule is CCOc1cc(C=Nc2sc3c(c2C(=O)NC2CCCCC2)CCCC3)cc(Br)c1OCc1ccc(Cl)cc1Cl. The molecule has 1 aromatic heterocycles. The van der Waals surface area contributed by atoms with E-state index in [4.69, 9.17) is 37.7 Å². The molecule has 1 fully saturated rings. The fourth-order valence-corrected chi connectivity index (χ4v) is 7.64. The van der Waals surface area contributed by atoms with Crippen molar-refractivity contribution in [1.82, 2.24) is 5.32 Å². The van der Waals surface area contributed by atoms with Crippen molar-refractivity contribution in [2.75, 3.05) is 6.61 Å². The number of aryl methyl sites for hydroxylation is 1. The number of hydrogen-bond acceptors (Lipinski definition) is 5. The molecule has 0 bridgehead atoms. The lowest BCUT2D eigenvalue weighted by Gasteiger charge is -2.23. The number of rotatable bonds is 9. The van der Waals surface area contributed by atoms with E-state index in [1.54, 1.807) is 23.5 Å². The first-order chi connectivity index (χ1) is 19.4. The van der Waals surface area contributed by atoms with Gasteiger partial charge in [-0.25, -0.2) is 4.99 Å². The molecule has 0 radical (unpaired) electrons. The van der Waals surface area contributed by atoms with E-state index >= 15 is 0 Å². The molecule has 40 heavy (non-hydrogen) atoms. The smallest absolute Gasteiger partial charge is 0.254 e. The molecule has 0 atom stereocenters. The Labute approximate surface area is 258 Å². The van der Waals surface area contributed by atoms with Gasteiger partial charge in [-0.2, -0.15) is 0 Å². The lowest BCUT2D eigenvalue weighted by molar-refractivity contribution is 0.0927. The van der Waals surface area contributed by atoms with Crippen LogP contribution in [-0.2, 0) is 19.4 Å². The van der Waals surface area contributed by atoms with Crippen molar-refractivity contribution < 1.29 is 14.3 Å². The van der Waals surface area contributed by atoms with Crippen molar-refractivity contribution in [3.63, 3.8) is 0 Å². The van der Waals surface area contributed by atoms with E-state index in [9.17, 15) is 4.79 Å². The van der Waals surface area contributed by atoms with Gasteiger partial charge in [-0.1, -0.05) is 48.5 Å². The van der Waals surface area contributed by atoms with Crippen LogP contribution in [0.5, 0.6) is 11.5 Å². The van der Waals surface area contributed by atoms with Crippen LogP contribution in [0, 0.1) is 0 Å². The van der Waals surface area contributed by atoms with E-state index in [0.717, 1.165) is 64.7 Å². The number of fused-ring (bicyclic) bond motifs is 1. The number of hydrogen-bond donors (Lipinski definition) is 1. The standard InChI is InChI=1S/C31H33BrCl2N2O3S/c1-2-38-26-15-19(14-24(32)29(26)39-18-20-12-13-21(33)16-25(20)34)17-35-31-28(23-10-6-7-11-27(23)40-31)30(37)36-22-8-4-3-5-9-22/h12-17,22H,2-11,18H2,1H3,(H,36,37). The Kier molecular flexibility index (Phi) is 10.1. The first kappa shape index (κ1) is 29.4. The molecule has 5 nitrogen and oxygen atoms in total. The molecule has 2 aliphatic carbocycles. The highest BCUT2D eigenvalue weighted by atomic mass is 79.9. The summed E-state index contributed by atoms with van der Waals surface area (Å²) >= 11 is 17.7. The second-order valence-corrected chi connectivity index (χ2v) is 13.0. The maximum atomic E-state index is 13.5. The summed E-state index contributed by atoms with van der Waals surface area (Å²) in [5.74, 6) is 1.22. The van der Waals surface area contributed by atoms with Gasteiger partial charge in [0.1, 0.15) is 11.6 Å². The van der Waals surface area contributed by atoms with Crippen LogP contribution in [0.25, 0.3) is 0 Å². The van der Waals surface area contributed by atoms with Crippen LogP contribution in [0.15, 0.2) is 39.8 Å². The molecule has 212 valence electrons. The maximum Gasteiger partial charge on any atom is 0.254 e. The van der Waals surface area contributed by atoms with E-state index in [-0.39, 0.29) is 18.6 Å². The van der Waals surface area contributed by atoms with Crippen LogP contribution in [0.4, 0.5) is 5.00 Å². The number of carbonyl (C=O) groups excluding carboxylic acids is 1. The number of ether oxygens (including phenoxy) is 2. The number of thiophene rings is 1. The molecular formula is C31H33BrCl2N2O3S. The Morgan fingerprint density at radius 3 is 2.67 bits per heavy atom. The first-order valence-electron chi connectivity index (χ1n) is 14.0. The predicted molar refractivity (Wildman–Crippen MR) is 169 cm³/mol. The van der Waals surface area contributed by atoms with E-state index < -0.39 is 0 Å². The van der Waals surface area contributed by atoms with Crippen LogP contribution in [0.2, 0.25) is 10.0 Å².